The average Bonchev–Trinajstić information content (AvgIpc) is 2.38. The van der Waals surface area contributed by atoms with E-state index in [0.717, 1.165) is 11.3 Å². The molecule has 0 aliphatic rings. The highest BCUT2D eigenvalue weighted by Gasteiger charge is 2.23. The van der Waals surface area contributed by atoms with Crippen LogP contribution in [0.4, 0.5) is 0 Å². The Hall–Kier alpha value is -1.51. The topological polar surface area (TPSA) is 29.5 Å². The summed E-state index contributed by atoms with van der Waals surface area (Å²) in [5.41, 5.74) is 0.700. The first-order valence-corrected chi connectivity index (χ1v) is 6.95. The Bertz CT molecular complexity index is 570. The molecule has 0 amide bonds. The summed E-state index contributed by atoms with van der Waals surface area (Å²) in [5, 5.41) is 10.9. The van der Waals surface area contributed by atoms with Crippen LogP contribution in [0.25, 0.3) is 0 Å². The van der Waals surface area contributed by atoms with Gasteiger partial charge < -0.3 is 9.84 Å². The monoisotopic (exact) mass is 290 g/mol. The zero-order valence-corrected chi connectivity index (χ0v) is 12.7. The number of halogens is 1. The van der Waals surface area contributed by atoms with Crippen LogP contribution in [-0.4, -0.2) is 5.11 Å². The number of hydrogen-bond donors (Lipinski definition) is 1. The van der Waals surface area contributed by atoms with Crippen molar-refractivity contribution in [1.82, 2.24) is 0 Å². The quantitative estimate of drug-likeness (QED) is 0.840. The summed E-state index contributed by atoms with van der Waals surface area (Å²) in [6, 6.07) is 14.7. The van der Waals surface area contributed by atoms with Crippen LogP contribution in [0.1, 0.15) is 32.4 Å². The lowest BCUT2D eigenvalue weighted by Gasteiger charge is -2.26. The van der Waals surface area contributed by atoms with Crippen molar-refractivity contribution in [2.24, 2.45) is 5.41 Å². The zero-order chi connectivity index (χ0) is 14.8. The van der Waals surface area contributed by atoms with Gasteiger partial charge in [-0.15, -0.1) is 0 Å². The second-order valence-electron chi connectivity index (χ2n) is 5.90. The Labute approximate surface area is 125 Å². The van der Waals surface area contributed by atoms with Crippen LogP contribution in [0.15, 0.2) is 48.5 Å². The molecule has 0 radical (unpaired) electrons. The zero-order valence-electron chi connectivity index (χ0n) is 11.9. The molecule has 106 valence electrons. The highest BCUT2D eigenvalue weighted by Crippen LogP contribution is 2.33. The molecular formula is C17H19ClO2. The van der Waals surface area contributed by atoms with Gasteiger partial charge in [-0.05, 0) is 41.3 Å². The van der Waals surface area contributed by atoms with Crippen molar-refractivity contribution in [3.63, 3.8) is 0 Å². The van der Waals surface area contributed by atoms with Crippen LogP contribution < -0.4 is 4.74 Å². The Morgan fingerprint density at radius 2 is 1.65 bits per heavy atom. The highest BCUT2D eigenvalue weighted by atomic mass is 35.5. The Morgan fingerprint density at radius 3 is 2.20 bits per heavy atom. The number of hydrogen-bond acceptors (Lipinski definition) is 2. The highest BCUT2D eigenvalue weighted by molar-refractivity contribution is 6.30. The number of aliphatic hydroxyl groups is 1. The van der Waals surface area contributed by atoms with Gasteiger partial charge in [-0.3, -0.25) is 0 Å². The lowest BCUT2D eigenvalue weighted by molar-refractivity contribution is 0.0626. The van der Waals surface area contributed by atoms with Crippen LogP contribution in [0.5, 0.6) is 11.5 Å². The van der Waals surface area contributed by atoms with Crippen molar-refractivity contribution in [2.75, 3.05) is 0 Å². The minimum absolute atomic E-state index is 0.185. The van der Waals surface area contributed by atoms with Crippen molar-refractivity contribution in [1.29, 1.82) is 0 Å². The van der Waals surface area contributed by atoms with Gasteiger partial charge in [0, 0.05) is 5.02 Å². The Morgan fingerprint density at radius 1 is 1.00 bits per heavy atom. The van der Waals surface area contributed by atoms with Gasteiger partial charge in [-0.25, -0.2) is 0 Å². The van der Waals surface area contributed by atoms with E-state index >= 15 is 0 Å². The van der Waals surface area contributed by atoms with E-state index < -0.39 is 6.10 Å². The first-order valence-electron chi connectivity index (χ1n) is 6.58. The van der Waals surface area contributed by atoms with Gasteiger partial charge in [0.1, 0.15) is 11.5 Å². The third kappa shape index (κ3) is 3.75. The Kier molecular flexibility index (Phi) is 4.36. The number of ether oxygens (including phenoxy) is 1. The molecule has 2 aromatic rings. The predicted molar refractivity (Wildman–Crippen MR) is 82.4 cm³/mol. The van der Waals surface area contributed by atoms with E-state index in [4.69, 9.17) is 16.3 Å². The van der Waals surface area contributed by atoms with Gasteiger partial charge in [-0.1, -0.05) is 50.6 Å². The van der Waals surface area contributed by atoms with E-state index in [1.807, 2.05) is 57.2 Å². The molecule has 0 aliphatic carbocycles. The molecule has 2 nitrogen and oxygen atoms in total. The molecule has 1 unspecified atom stereocenters. The second-order valence-corrected chi connectivity index (χ2v) is 6.33. The lowest BCUT2D eigenvalue weighted by Crippen LogP contribution is -2.17. The van der Waals surface area contributed by atoms with Gasteiger partial charge in [0.2, 0.25) is 0 Å². The second kappa shape index (κ2) is 5.86. The van der Waals surface area contributed by atoms with Crippen LogP contribution in [-0.2, 0) is 0 Å². The van der Waals surface area contributed by atoms with Crippen LogP contribution in [0, 0.1) is 5.41 Å². The molecule has 2 rings (SSSR count). The minimum atomic E-state index is -0.497. The van der Waals surface area contributed by atoms with Crippen molar-refractivity contribution >= 4 is 11.6 Å². The summed E-state index contributed by atoms with van der Waals surface area (Å²) in [6.07, 6.45) is -0.497. The van der Waals surface area contributed by atoms with Gasteiger partial charge >= 0.3 is 0 Å². The largest absolute Gasteiger partial charge is 0.457 e. The molecule has 0 saturated heterocycles. The number of aliphatic hydroxyl groups excluding tert-OH is 1. The van der Waals surface area contributed by atoms with Gasteiger partial charge in [-0.2, -0.15) is 0 Å². The van der Waals surface area contributed by atoms with Crippen LogP contribution in [0.2, 0.25) is 5.02 Å². The van der Waals surface area contributed by atoms with Crippen molar-refractivity contribution in [3.8, 4) is 11.5 Å². The third-order valence-electron chi connectivity index (χ3n) is 3.05. The maximum atomic E-state index is 10.2. The molecule has 0 fully saturated rings. The van der Waals surface area contributed by atoms with Crippen LogP contribution in [0.3, 0.4) is 0 Å². The predicted octanol–water partition coefficient (Wildman–Crippen LogP) is 5.21. The summed E-state index contributed by atoms with van der Waals surface area (Å²) < 4.78 is 5.71. The normalized spacial score (nSPS) is 13.1. The molecule has 1 N–H and O–H groups in total. The molecule has 3 heteroatoms. The smallest absolute Gasteiger partial charge is 0.128 e. The fraction of sp³-hybridized carbons (Fsp3) is 0.294. The maximum absolute atomic E-state index is 10.2. The fourth-order valence-corrected chi connectivity index (χ4v) is 2.07. The van der Waals surface area contributed by atoms with E-state index in [0.29, 0.717) is 10.8 Å². The van der Waals surface area contributed by atoms with E-state index in [2.05, 4.69) is 0 Å². The standard InChI is InChI=1S/C17H19ClO2/c1-17(2,3)16(19)12-7-9-14(10-8-12)20-15-6-4-5-13(18)11-15/h4-11,16,19H,1-3H3. The van der Waals surface area contributed by atoms with E-state index in [-0.39, 0.29) is 5.41 Å². The minimum Gasteiger partial charge on any atom is -0.457 e. The Balaban J connectivity index is 2.13. The maximum Gasteiger partial charge on any atom is 0.128 e. The first kappa shape index (κ1) is 14.9. The fourth-order valence-electron chi connectivity index (χ4n) is 1.88. The van der Waals surface area contributed by atoms with Crippen LogP contribution >= 0.6 is 11.6 Å². The number of rotatable bonds is 3. The molecule has 20 heavy (non-hydrogen) atoms. The SMILES string of the molecule is CC(C)(C)C(O)c1ccc(Oc2cccc(Cl)c2)cc1. The van der Waals surface area contributed by atoms with Gasteiger partial charge in [0.05, 0.1) is 6.10 Å². The molecule has 0 spiro atoms. The molecule has 0 bridgehead atoms. The molecule has 0 aromatic heterocycles. The van der Waals surface area contributed by atoms with Gasteiger partial charge in [0.15, 0.2) is 0 Å². The van der Waals surface area contributed by atoms with E-state index in [9.17, 15) is 5.11 Å². The number of benzene rings is 2. The summed E-state index contributed by atoms with van der Waals surface area (Å²) >= 11 is 5.91. The molecule has 2 aromatic carbocycles. The van der Waals surface area contributed by atoms with Crippen molar-refractivity contribution < 1.29 is 9.84 Å². The molecule has 0 saturated carbocycles. The summed E-state index contributed by atoms with van der Waals surface area (Å²) in [4.78, 5) is 0. The van der Waals surface area contributed by atoms with Crippen molar-refractivity contribution in [3.05, 3.63) is 59.1 Å². The molecular weight excluding hydrogens is 272 g/mol. The summed E-state index contributed by atoms with van der Waals surface area (Å²) in [5.74, 6) is 1.42. The van der Waals surface area contributed by atoms with E-state index in [1.54, 1.807) is 12.1 Å². The van der Waals surface area contributed by atoms with E-state index in [1.165, 1.54) is 0 Å². The third-order valence-corrected chi connectivity index (χ3v) is 3.28. The summed E-state index contributed by atoms with van der Waals surface area (Å²) in [7, 11) is 0. The molecule has 0 aliphatic heterocycles. The molecule has 1 atom stereocenters. The van der Waals surface area contributed by atoms with Crippen molar-refractivity contribution in [2.45, 2.75) is 26.9 Å². The first-order chi connectivity index (χ1) is 9.36. The van der Waals surface area contributed by atoms with Gasteiger partial charge in [0.25, 0.3) is 0 Å². The summed E-state index contributed by atoms with van der Waals surface area (Å²) in [6.45, 7) is 6.02. The average molecular weight is 291 g/mol. The molecule has 0 heterocycles. The lowest BCUT2D eigenvalue weighted by atomic mass is 9.85.